The Morgan fingerprint density at radius 3 is 2.87 bits per heavy atom. The third-order valence-corrected chi connectivity index (χ3v) is 4.37. The monoisotopic (exact) mass is 316 g/mol. The van der Waals surface area contributed by atoms with E-state index in [0.29, 0.717) is 6.54 Å². The number of aromatic nitrogens is 2. The van der Waals surface area contributed by atoms with E-state index in [1.54, 1.807) is 4.68 Å². The van der Waals surface area contributed by atoms with Gasteiger partial charge in [-0.3, -0.25) is 19.7 Å². The molecule has 2 aromatic heterocycles. The number of nitrogens with one attached hydrogen (secondary N) is 1. The highest BCUT2D eigenvalue weighted by atomic mass is 16.3. The van der Waals surface area contributed by atoms with Crippen molar-refractivity contribution in [2.75, 3.05) is 11.4 Å². The number of carbonyl (C=O) groups excluding carboxylic acids is 1. The molecule has 3 heterocycles. The molecule has 23 heavy (non-hydrogen) atoms. The Morgan fingerprint density at radius 1 is 1.48 bits per heavy atom. The summed E-state index contributed by atoms with van der Waals surface area (Å²) in [5, 5.41) is 7.72. The molecule has 0 aromatic carbocycles. The molecule has 3 rings (SSSR count). The Hall–Kier alpha value is -2.08. The Kier molecular flexibility index (Phi) is 4.26. The summed E-state index contributed by atoms with van der Waals surface area (Å²) in [5.74, 6) is 2.81. The van der Waals surface area contributed by atoms with Crippen molar-refractivity contribution in [2.45, 2.75) is 45.7 Å². The maximum atomic E-state index is 12.7. The molecule has 6 nitrogen and oxygen atoms in total. The van der Waals surface area contributed by atoms with Crippen molar-refractivity contribution in [3.8, 4) is 0 Å². The van der Waals surface area contributed by atoms with Gasteiger partial charge < -0.3 is 4.42 Å². The zero-order valence-corrected chi connectivity index (χ0v) is 14.2. The number of nitrogens with zero attached hydrogens (tertiary/aromatic N) is 3. The van der Waals surface area contributed by atoms with Crippen LogP contribution in [0.4, 0.5) is 5.82 Å². The second-order valence-electron chi connectivity index (χ2n) is 6.14. The molecule has 124 valence electrons. The number of aryl methyl sites for hydroxylation is 3. The van der Waals surface area contributed by atoms with E-state index in [0.717, 1.165) is 35.9 Å². The van der Waals surface area contributed by atoms with Crippen molar-refractivity contribution in [3.63, 3.8) is 0 Å². The summed E-state index contributed by atoms with van der Waals surface area (Å²) in [7, 11) is 1.87. The zero-order valence-electron chi connectivity index (χ0n) is 14.2. The topological polar surface area (TPSA) is 63.3 Å². The number of anilines is 1. The number of carbonyl (C=O) groups is 1. The molecule has 1 saturated heterocycles. The van der Waals surface area contributed by atoms with Gasteiger partial charge in [0.25, 0.3) is 0 Å². The number of rotatable bonds is 5. The highest BCUT2D eigenvalue weighted by molar-refractivity contribution is 5.98. The fourth-order valence-corrected chi connectivity index (χ4v) is 3.11. The van der Waals surface area contributed by atoms with Crippen LogP contribution in [0.5, 0.6) is 0 Å². The van der Waals surface area contributed by atoms with E-state index < -0.39 is 0 Å². The van der Waals surface area contributed by atoms with E-state index in [2.05, 4.69) is 17.3 Å². The van der Waals surface area contributed by atoms with Crippen LogP contribution in [0.1, 0.15) is 43.5 Å². The molecule has 0 bridgehead atoms. The summed E-state index contributed by atoms with van der Waals surface area (Å²) in [6, 6.07) is 5.75. The van der Waals surface area contributed by atoms with Crippen LogP contribution in [0, 0.1) is 6.92 Å². The van der Waals surface area contributed by atoms with E-state index in [1.807, 2.05) is 44.0 Å². The average Bonchev–Trinajstić information content (AvgIpc) is 3.20. The standard InChI is InChI=1S/C17H24N4O2/c1-5-13-6-7-15(23-13)12(3)18-14-8-9-21(17(14)22)16-10-11(2)19-20(16)4/h6-7,10,12,14,18H,5,8-9H2,1-4H3/t12-,14+/m1/s1. The van der Waals surface area contributed by atoms with Crippen molar-refractivity contribution in [2.24, 2.45) is 7.05 Å². The van der Waals surface area contributed by atoms with Gasteiger partial charge >= 0.3 is 0 Å². The lowest BCUT2D eigenvalue weighted by molar-refractivity contribution is -0.119. The first-order chi connectivity index (χ1) is 11.0. The summed E-state index contributed by atoms with van der Waals surface area (Å²) in [6.07, 6.45) is 1.66. The molecule has 2 atom stereocenters. The first kappa shape index (κ1) is 15.8. The van der Waals surface area contributed by atoms with Gasteiger partial charge in [0, 0.05) is 26.1 Å². The maximum absolute atomic E-state index is 12.7. The second kappa shape index (κ2) is 6.20. The fraction of sp³-hybridized carbons (Fsp3) is 0.529. The first-order valence-corrected chi connectivity index (χ1v) is 8.16. The molecule has 1 aliphatic rings. The van der Waals surface area contributed by atoms with Crippen LogP contribution in [-0.2, 0) is 18.3 Å². The summed E-state index contributed by atoms with van der Waals surface area (Å²) in [6.45, 7) is 6.74. The van der Waals surface area contributed by atoms with Gasteiger partial charge in [-0.25, -0.2) is 0 Å². The molecule has 0 unspecified atom stereocenters. The van der Waals surface area contributed by atoms with E-state index >= 15 is 0 Å². The van der Waals surface area contributed by atoms with Crippen molar-refractivity contribution in [1.29, 1.82) is 0 Å². The summed E-state index contributed by atoms with van der Waals surface area (Å²) < 4.78 is 7.54. The average molecular weight is 316 g/mol. The van der Waals surface area contributed by atoms with E-state index in [1.165, 1.54) is 0 Å². The lowest BCUT2D eigenvalue weighted by Crippen LogP contribution is -2.40. The van der Waals surface area contributed by atoms with Crippen LogP contribution in [0.15, 0.2) is 22.6 Å². The molecule has 1 amide bonds. The van der Waals surface area contributed by atoms with Gasteiger partial charge in [-0.1, -0.05) is 6.92 Å². The molecule has 1 fully saturated rings. The van der Waals surface area contributed by atoms with Gasteiger partial charge in [-0.15, -0.1) is 0 Å². The van der Waals surface area contributed by atoms with Crippen LogP contribution in [0.2, 0.25) is 0 Å². The van der Waals surface area contributed by atoms with Gasteiger partial charge in [0.15, 0.2) is 0 Å². The van der Waals surface area contributed by atoms with Crippen LogP contribution >= 0.6 is 0 Å². The zero-order chi connectivity index (χ0) is 16.6. The lowest BCUT2D eigenvalue weighted by Gasteiger charge is -2.19. The van der Waals surface area contributed by atoms with Crippen LogP contribution in [-0.4, -0.2) is 28.3 Å². The van der Waals surface area contributed by atoms with Gasteiger partial charge in [-0.05, 0) is 32.4 Å². The van der Waals surface area contributed by atoms with E-state index in [4.69, 9.17) is 4.42 Å². The van der Waals surface area contributed by atoms with Gasteiger partial charge in [0.05, 0.1) is 17.8 Å². The Morgan fingerprint density at radius 2 is 2.26 bits per heavy atom. The minimum atomic E-state index is -0.185. The first-order valence-electron chi connectivity index (χ1n) is 8.16. The Labute approximate surface area is 136 Å². The van der Waals surface area contributed by atoms with Crippen LogP contribution in [0.25, 0.3) is 0 Å². The maximum Gasteiger partial charge on any atom is 0.245 e. The molecule has 1 N–H and O–H groups in total. The molecular formula is C17H24N4O2. The normalized spacial score (nSPS) is 19.6. The van der Waals surface area contributed by atoms with Gasteiger partial charge in [0.1, 0.15) is 17.3 Å². The fourth-order valence-electron chi connectivity index (χ4n) is 3.11. The smallest absolute Gasteiger partial charge is 0.245 e. The van der Waals surface area contributed by atoms with Crippen molar-refractivity contribution >= 4 is 11.7 Å². The molecule has 0 aliphatic carbocycles. The number of hydrogen-bond acceptors (Lipinski definition) is 4. The predicted molar refractivity (Wildman–Crippen MR) is 88.3 cm³/mol. The Bertz CT molecular complexity index is 703. The molecule has 6 heteroatoms. The third kappa shape index (κ3) is 3.03. The van der Waals surface area contributed by atoms with Crippen LogP contribution in [0.3, 0.4) is 0 Å². The van der Waals surface area contributed by atoms with Crippen molar-refractivity contribution in [3.05, 3.63) is 35.4 Å². The quantitative estimate of drug-likeness (QED) is 0.919. The largest absolute Gasteiger partial charge is 0.464 e. The SMILES string of the molecule is CCc1ccc([C@@H](C)N[C@H]2CCN(c3cc(C)nn3C)C2=O)o1. The predicted octanol–water partition coefficient (Wildman–Crippen LogP) is 2.34. The molecule has 0 radical (unpaired) electrons. The van der Waals surface area contributed by atoms with E-state index in [-0.39, 0.29) is 18.0 Å². The van der Waals surface area contributed by atoms with Crippen molar-refractivity contribution < 1.29 is 9.21 Å². The third-order valence-electron chi connectivity index (χ3n) is 4.37. The lowest BCUT2D eigenvalue weighted by atomic mass is 10.2. The Balaban J connectivity index is 1.68. The number of hydrogen-bond donors (Lipinski definition) is 1. The molecule has 0 saturated carbocycles. The van der Waals surface area contributed by atoms with Gasteiger partial charge in [-0.2, -0.15) is 5.10 Å². The molecule has 2 aromatic rings. The van der Waals surface area contributed by atoms with Crippen LogP contribution < -0.4 is 10.2 Å². The van der Waals surface area contributed by atoms with Gasteiger partial charge in [0.2, 0.25) is 5.91 Å². The van der Waals surface area contributed by atoms with Crippen molar-refractivity contribution in [1.82, 2.24) is 15.1 Å². The molecule has 1 aliphatic heterocycles. The van der Waals surface area contributed by atoms with E-state index in [9.17, 15) is 4.79 Å². The summed E-state index contributed by atoms with van der Waals surface area (Å²) >= 11 is 0. The summed E-state index contributed by atoms with van der Waals surface area (Å²) in [4.78, 5) is 14.5. The highest BCUT2D eigenvalue weighted by Gasteiger charge is 2.35. The summed E-state index contributed by atoms with van der Waals surface area (Å²) in [5.41, 5.74) is 0.919. The second-order valence-corrected chi connectivity index (χ2v) is 6.14. The minimum absolute atomic E-state index is 0.0115. The highest BCUT2D eigenvalue weighted by Crippen LogP contribution is 2.24. The number of furan rings is 1. The number of amides is 1. The minimum Gasteiger partial charge on any atom is -0.464 e. The molecule has 0 spiro atoms. The molecular weight excluding hydrogens is 292 g/mol.